The van der Waals surface area contributed by atoms with Crippen molar-refractivity contribution in [2.24, 2.45) is 5.92 Å². The van der Waals surface area contributed by atoms with E-state index in [9.17, 15) is 0 Å². The molecule has 1 rings (SSSR count). The second kappa shape index (κ2) is 6.69. The van der Waals surface area contributed by atoms with Crippen LogP contribution in [0.4, 0.5) is 5.69 Å². The Bertz CT molecular complexity index is 315. The van der Waals surface area contributed by atoms with Crippen LogP contribution in [0.1, 0.15) is 40.0 Å². The molecule has 1 atom stereocenters. The summed E-state index contributed by atoms with van der Waals surface area (Å²) in [6, 6.07) is 2.24. The normalized spacial score (nSPS) is 12.8. The number of aromatic nitrogens is 2. The number of nitrogens with zero attached hydrogens (tertiary/aromatic N) is 2. The van der Waals surface area contributed by atoms with Crippen molar-refractivity contribution in [1.29, 1.82) is 0 Å². The van der Waals surface area contributed by atoms with Gasteiger partial charge in [0.2, 0.25) is 0 Å². The number of hydrogen-bond donors (Lipinski definition) is 1. The molecule has 0 saturated heterocycles. The van der Waals surface area contributed by atoms with Crippen LogP contribution in [0.15, 0.2) is 12.3 Å². The Morgan fingerprint density at radius 2 is 2.06 bits per heavy atom. The van der Waals surface area contributed by atoms with Gasteiger partial charge < -0.3 is 5.32 Å². The number of rotatable bonds is 6. The second-order valence-corrected chi connectivity index (χ2v) is 5.02. The zero-order chi connectivity index (χ0) is 12.0. The maximum atomic E-state index is 5.76. The first-order valence-electron chi connectivity index (χ1n) is 5.82. The van der Waals surface area contributed by atoms with E-state index in [4.69, 9.17) is 11.6 Å². The molecular weight excluding hydrogens is 222 g/mol. The Kier molecular flexibility index (Phi) is 5.53. The Morgan fingerprint density at radius 1 is 1.31 bits per heavy atom. The predicted octanol–water partition coefficient (Wildman–Crippen LogP) is 3.76. The molecule has 1 N–H and O–H groups in total. The van der Waals surface area contributed by atoms with Gasteiger partial charge in [-0.3, -0.25) is 0 Å². The number of halogens is 1. The lowest BCUT2D eigenvalue weighted by atomic mass is 10.0. The number of hydrogen-bond acceptors (Lipinski definition) is 3. The SMILES string of the molecule is CC(C)CCCC(C)Nc1cnnc(Cl)c1. The maximum absolute atomic E-state index is 5.76. The predicted molar refractivity (Wildman–Crippen MR) is 68.8 cm³/mol. The van der Waals surface area contributed by atoms with Gasteiger partial charge in [0.25, 0.3) is 0 Å². The van der Waals surface area contributed by atoms with E-state index in [1.807, 2.05) is 0 Å². The van der Waals surface area contributed by atoms with E-state index >= 15 is 0 Å². The smallest absolute Gasteiger partial charge is 0.153 e. The summed E-state index contributed by atoms with van der Waals surface area (Å²) in [5, 5.41) is 11.3. The van der Waals surface area contributed by atoms with Gasteiger partial charge in [0.1, 0.15) is 0 Å². The third-order valence-corrected chi connectivity index (χ3v) is 2.64. The van der Waals surface area contributed by atoms with E-state index in [0.717, 1.165) is 18.0 Å². The van der Waals surface area contributed by atoms with E-state index < -0.39 is 0 Å². The highest BCUT2D eigenvalue weighted by molar-refractivity contribution is 6.29. The zero-order valence-corrected chi connectivity index (χ0v) is 11.0. The van der Waals surface area contributed by atoms with Gasteiger partial charge in [-0.15, -0.1) is 5.10 Å². The van der Waals surface area contributed by atoms with E-state index in [0.29, 0.717) is 11.2 Å². The Balaban J connectivity index is 2.31. The molecule has 0 saturated carbocycles. The first-order valence-corrected chi connectivity index (χ1v) is 6.20. The van der Waals surface area contributed by atoms with Crippen LogP contribution in [0.2, 0.25) is 5.15 Å². The number of anilines is 1. The van der Waals surface area contributed by atoms with Crippen LogP contribution in [0, 0.1) is 5.92 Å². The van der Waals surface area contributed by atoms with Gasteiger partial charge >= 0.3 is 0 Å². The summed E-state index contributed by atoms with van der Waals surface area (Å²) in [5.74, 6) is 0.782. The molecule has 0 radical (unpaired) electrons. The average molecular weight is 242 g/mol. The fourth-order valence-corrected chi connectivity index (χ4v) is 1.77. The zero-order valence-electron chi connectivity index (χ0n) is 10.2. The van der Waals surface area contributed by atoms with Gasteiger partial charge in [-0.25, -0.2) is 0 Å². The van der Waals surface area contributed by atoms with Gasteiger partial charge in [0.05, 0.1) is 11.9 Å². The van der Waals surface area contributed by atoms with Gasteiger partial charge in [-0.2, -0.15) is 5.10 Å². The molecule has 0 amide bonds. The highest BCUT2D eigenvalue weighted by Crippen LogP contribution is 2.14. The standard InChI is InChI=1S/C12H20ClN3/c1-9(2)5-4-6-10(3)15-11-7-12(13)16-14-8-11/h7-10H,4-6H2,1-3H3,(H,15,16). The van der Waals surface area contributed by atoms with Gasteiger partial charge in [-0.1, -0.05) is 38.3 Å². The van der Waals surface area contributed by atoms with Crippen molar-refractivity contribution in [3.05, 3.63) is 17.4 Å². The van der Waals surface area contributed by atoms with Crippen LogP contribution in [0.25, 0.3) is 0 Å². The summed E-state index contributed by atoms with van der Waals surface area (Å²) in [7, 11) is 0. The lowest BCUT2D eigenvalue weighted by Crippen LogP contribution is -2.15. The molecule has 1 aromatic heterocycles. The highest BCUT2D eigenvalue weighted by Gasteiger charge is 2.04. The van der Waals surface area contributed by atoms with Crippen LogP contribution < -0.4 is 5.32 Å². The minimum Gasteiger partial charge on any atom is -0.381 e. The van der Waals surface area contributed by atoms with Gasteiger partial charge in [-0.05, 0) is 19.3 Å². The molecule has 0 aliphatic rings. The van der Waals surface area contributed by atoms with E-state index in [-0.39, 0.29) is 0 Å². The summed E-state index contributed by atoms with van der Waals surface area (Å²) in [6.07, 6.45) is 5.39. The average Bonchev–Trinajstić information content (AvgIpc) is 2.16. The van der Waals surface area contributed by atoms with Crippen molar-refractivity contribution in [2.45, 2.75) is 46.1 Å². The molecule has 0 aromatic carbocycles. The van der Waals surface area contributed by atoms with Crippen LogP contribution in [0.5, 0.6) is 0 Å². The second-order valence-electron chi connectivity index (χ2n) is 4.64. The first-order chi connectivity index (χ1) is 7.58. The van der Waals surface area contributed by atoms with Crippen molar-refractivity contribution in [3.8, 4) is 0 Å². The van der Waals surface area contributed by atoms with E-state index in [2.05, 4.69) is 36.3 Å². The minimum atomic E-state index is 0.430. The minimum absolute atomic E-state index is 0.430. The van der Waals surface area contributed by atoms with Crippen LogP contribution in [-0.2, 0) is 0 Å². The first kappa shape index (κ1) is 13.2. The molecular formula is C12H20ClN3. The lowest BCUT2D eigenvalue weighted by Gasteiger charge is -2.15. The summed E-state index contributed by atoms with van der Waals surface area (Å²) >= 11 is 5.76. The highest BCUT2D eigenvalue weighted by atomic mass is 35.5. The third-order valence-electron chi connectivity index (χ3n) is 2.46. The molecule has 1 heterocycles. The molecule has 3 nitrogen and oxygen atoms in total. The van der Waals surface area contributed by atoms with E-state index in [1.54, 1.807) is 12.3 Å². The molecule has 0 fully saturated rings. The van der Waals surface area contributed by atoms with Crippen LogP contribution in [-0.4, -0.2) is 16.2 Å². The van der Waals surface area contributed by atoms with Crippen molar-refractivity contribution in [2.75, 3.05) is 5.32 Å². The fraction of sp³-hybridized carbons (Fsp3) is 0.667. The van der Waals surface area contributed by atoms with Crippen molar-refractivity contribution >= 4 is 17.3 Å². The third kappa shape index (κ3) is 5.31. The molecule has 16 heavy (non-hydrogen) atoms. The van der Waals surface area contributed by atoms with Crippen molar-refractivity contribution in [1.82, 2.24) is 10.2 Å². The Hall–Kier alpha value is -0.830. The van der Waals surface area contributed by atoms with Gasteiger partial charge in [0.15, 0.2) is 5.15 Å². The molecule has 4 heteroatoms. The van der Waals surface area contributed by atoms with E-state index in [1.165, 1.54) is 12.8 Å². The molecule has 1 aromatic rings. The van der Waals surface area contributed by atoms with Crippen LogP contribution in [0.3, 0.4) is 0 Å². The molecule has 0 aliphatic carbocycles. The maximum Gasteiger partial charge on any atom is 0.153 e. The Morgan fingerprint density at radius 3 is 2.69 bits per heavy atom. The van der Waals surface area contributed by atoms with Crippen molar-refractivity contribution in [3.63, 3.8) is 0 Å². The summed E-state index contributed by atoms with van der Waals surface area (Å²) in [6.45, 7) is 6.68. The lowest BCUT2D eigenvalue weighted by molar-refractivity contribution is 0.520. The molecule has 0 spiro atoms. The summed E-state index contributed by atoms with van der Waals surface area (Å²) in [4.78, 5) is 0. The molecule has 0 aliphatic heterocycles. The van der Waals surface area contributed by atoms with Crippen LogP contribution >= 0.6 is 11.6 Å². The molecule has 1 unspecified atom stereocenters. The van der Waals surface area contributed by atoms with Gasteiger partial charge in [0, 0.05) is 12.1 Å². The number of nitrogens with one attached hydrogen (secondary N) is 1. The van der Waals surface area contributed by atoms with Crippen molar-refractivity contribution < 1.29 is 0 Å². The largest absolute Gasteiger partial charge is 0.381 e. The monoisotopic (exact) mass is 241 g/mol. The summed E-state index contributed by atoms with van der Waals surface area (Å²) < 4.78 is 0. The molecule has 0 bridgehead atoms. The topological polar surface area (TPSA) is 37.8 Å². The summed E-state index contributed by atoms with van der Waals surface area (Å²) in [5.41, 5.74) is 0.942. The fourth-order valence-electron chi connectivity index (χ4n) is 1.61. The molecule has 90 valence electrons. The Labute approximate surface area is 103 Å². The quantitative estimate of drug-likeness (QED) is 0.824.